The second kappa shape index (κ2) is 5.46. The topological polar surface area (TPSA) is 87.7 Å². The van der Waals surface area contributed by atoms with Crippen molar-refractivity contribution in [2.75, 3.05) is 0 Å². The molecule has 0 heterocycles. The van der Waals surface area contributed by atoms with E-state index in [9.17, 15) is 4.79 Å². The molecule has 0 unspecified atom stereocenters. The normalized spacial score (nSPS) is 12.3. The highest BCUT2D eigenvalue weighted by Crippen LogP contribution is 2.24. The summed E-state index contributed by atoms with van der Waals surface area (Å²) in [6.07, 6.45) is 0. The number of nitrogens with two attached hydrogens (primary N) is 1. The molecular weight excluding hydrogens is 277 g/mol. The zero-order chi connectivity index (χ0) is 13.9. The molecule has 1 rings (SSSR count). The number of nitrogens with one attached hydrogen (secondary N) is 1. The first-order valence-corrected chi connectivity index (χ1v) is 5.79. The van der Waals surface area contributed by atoms with Gasteiger partial charge in [-0.05, 0) is 26.0 Å². The van der Waals surface area contributed by atoms with Gasteiger partial charge in [-0.1, -0.05) is 34.4 Å². The van der Waals surface area contributed by atoms with Crippen LogP contribution < -0.4 is 11.1 Å². The molecule has 0 fully saturated rings. The number of carbonyl (C=O) groups excluding carboxylic acids is 1. The lowest BCUT2D eigenvalue weighted by Crippen LogP contribution is -2.53. The number of hydrogen-bond acceptors (Lipinski definition) is 3. The summed E-state index contributed by atoms with van der Waals surface area (Å²) in [5, 5.41) is 14.5. The van der Waals surface area contributed by atoms with Crippen LogP contribution in [0, 0.1) is 0 Å². The van der Waals surface area contributed by atoms with Crippen LogP contribution >= 0.6 is 23.2 Å². The highest BCUT2D eigenvalue weighted by molar-refractivity contribution is 6.39. The predicted octanol–water partition coefficient (Wildman–Crippen LogP) is 2.25. The molecule has 1 aromatic carbocycles. The maximum Gasteiger partial charge on any atom is 0.255 e. The van der Waals surface area contributed by atoms with Gasteiger partial charge in [-0.25, -0.2) is 0 Å². The number of rotatable bonds is 3. The van der Waals surface area contributed by atoms with E-state index in [1.165, 1.54) is 0 Å². The Bertz CT molecular complexity index is 481. The number of nitrogens with zero attached hydrogens (tertiary/aromatic N) is 1. The van der Waals surface area contributed by atoms with Crippen molar-refractivity contribution in [2.45, 2.75) is 19.4 Å². The number of amides is 1. The Balaban J connectivity index is 3.04. The molecule has 18 heavy (non-hydrogen) atoms. The standard InChI is InChI=1S/C11H13Cl2N3O2/c1-11(2,10(14)16-18)15-9(17)8-6(12)4-3-5-7(8)13/h3-5,18H,1-2H3,(H2,14,16)(H,15,17). The van der Waals surface area contributed by atoms with E-state index in [-0.39, 0.29) is 21.4 Å². The average molecular weight is 290 g/mol. The largest absolute Gasteiger partial charge is 0.409 e. The third-order valence-corrected chi connectivity index (χ3v) is 2.99. The summed E-state index contributed by atoms with van der Waals surface area (Å²) in [4.78, 5) is 12.1. The lowest BCUT2D eigenvalue weighted by atomic mass is 10.0. The van der Waals surface area contributed by atoms with Gasteiger partial charge in [-0.2, -0.15) is 0 Å². The van der Waals surface area contributed by atoms with Crippen LogP contribution in [0.2, 0.25) is 10.0 Å². The lowest BCUT2D eigenvalue weighted by Gasteiger charge is -2.24. The summed E-state index contributed by atoms with van der Waals surface area (Å²) in [6.45, 7) is 3.18. The summed E-state index contributed by atoms with van der Waals surface area (Å²) in [7, 11) is 0. The maximum absolute atomic E-state index is 12.1. The van der Waals surface area contributed by atoms with Crippen molar-refractivity contribution in [3.63, 3.8) is 0 Å². The summed E-state index contributed by atoms with van der Waals surface area (Å²) in [5.74, 6) is -0.624. The maximum atomic E-state index is 12.1. The highest BCUT2D eigenvalue weighted by atomic mass is 35.5. The molecular formula is C11H13Cl2N3O2. The zero-order valence-corrected chi connectivity index (χ0v) is 11.4. The molecule has 7 heteroatoms. The molecule has 0 aromatic heterocycles. The summed E-state index contributed by atoms with van der Waals surface area (Å²) in [5.41, 5.74) is 4.61. The van der Waals surface area contributed by atoms with E-state index >= 15 is 0 Å². The second-order valence-corrected chi connectivity index (χ2v) is 4.98. The highest BCUT2D eigenvalue weighted by Gasteiger charge is 2.27. The van der Waals surface area contributed by atoms with Crippen LogP contribution in [-0.2, 0) is 0 Å². The van der Waals surface area contributed by atoms with Crippen LogP contribution in [0.15, 0.2) is 23.4 Å². The SMILES string of the molecule is CC(C)(NC(=O)c1c(Cl)cccc1Cl)/C(N)=N/O. The molecule has 0 aliphatic rings. The number of oxime groups is 1. The summed E-state index contributed by atoms with van der Waals surface area (Å²) in [6, 6.07) is 4.74. The smallest absolute Gasteiger partial charge is 0.255 e. The minimum absolute atomic E-state index is 0.126. The molecule has 0 bridgehead atoms. The van der Waals surface area contributed by atoms with Crippen molar-refractivity contribution in [2.24, 2.45) is 10.9 Å². The molecule has 4 N–H and O–H groups in total. The summed E-state index contributed by atoms with van der Waals surface area (Å²) < 4.78 is 0. The Hall–Kier alpha value is -1.46. The average Bonchev–Trinajstić information content (AvgIpc) is 2.26. The third-order valence-electron chi connectivity index (χ3n) is 2.36. The van der Waals surface area contributed by atoms with E-state index in [2.05, 4.69) is 10.5 Å². The fraction of sp³-hybridized carbons (Fsp3) is 0.273. The number of hydrogen-bond donors (Lipinski definition) is 3. The van der Waals surface area contributed by atoms with Crippen molar-refractivity contribution in [1.29, 1.82) is 0 Å². The molecule has 0 aliphatic carbocycles. The van der Waals surface area contributed by atoms with Crippen molar-refractivity contribution in [3.8, 4) is 0 Å². The predicted molar refractivity (Wildman–Crippen MR) is 71.4 cm³/mol. The van der Waals surface area contributed by atoms with Crippen molar-refractivity contribution >= 4 is 34.9 Å². The Morgan fingerprint density at radius 1 is 1.39 bits per heavy atom. The Kier molecular flexibility index (Phi) is 4.43. The first-order valence-electron chi connectivity index (χ1n) is 5.04. The fourth-order valence-corrected chi connectivity index (χ4v) is 1.82. The van der Waals surface area contributed by atoms with Crippen molar-refractivity contribution < 1.29 is 10.0 Å². The number of amidine groups is 1. The van der Waals surface area contributed by atoms with Gasteiger partial charge in [0.2, 0.25) is 0 Å². The molecule has 0 aliphatic heterocycles. The van der Waals surface area contributed by atoms with E-state index in [1.54, 1.807) is 32.0 Å². The second-order valence-electron chi connectivity index (χ2n) is 4.16. The minimum Gasteiger partial charge on any atom is -0.409 e. The quantitative estimate of drug-likeness (QED) is 0.345. The van der Waals surface area contributed by atoms with Gasteiger partial charge in [0.1, 0.15) is 0 Å². The van der Waals surface area contributed by atoms with Crippen LogP contribution in [0.5, 0.6) is 0 Å². The van der Waals surface area contributed by atoms with Gasteiger partial charge in [0.15, 0.2) is 5.84 Å². The van der Waals surface area contributed by atoms with Crippen molar-refractivity contribution in [1.82, 2.24) is 5.32 Å². The first kappa shape index (κ1) is 14.6. The van der Waals surface area contributed by atoms with E-state index in [0.29, 0.717) is 0 Å². The van der Waals surface area contributed by atoms with Gasteiger partial charge < -0.3 is 16.3 Å². The van der Waals surface area contributed by atoms with Gasteiger partial charge in [-0.15, -0.1) is 0 Å². The molecule has 98 valence electrons. The Morgan fingerprint density at radius 3 is 2.33 bits per heavy atom. The molecule has 1 aromatic rings. The van der Waals surface area contributed by atoms with E-state index < -0.39 is 11.4 Å². The van der Waals surface area contributed by atoms with Crippen LogP contribution in [0.3, 0.4) is 0 Å². The van der Waals surface area contributed by atoms with E-state index in [0.717, 1.165) is 0 Å². The van der Waals surface area contributed by atoms with Gasteiger partial charge in [-0.3, -0.25) is 4.79 Å². The zero-order valence-electron chi connectivity index (χ0n) is 9.87. The molecule has 1 amide bonds. The fourth-order valence-electron chi connectivity index (χ4n) is 1.25. The van der Waals surface area contributed by atoms with Crippen LogP contribution in [0.25, 0.3) is 0 Å². The van der Waals surface area contributed by atoms with Crippen LogP contribution in [-0.4, -0.2) is 22.5 Å². The summed E-state index contributed by atoms with van der Waals surface area (Å²) >= 11 is 11.8. The van der Waals surface area contributed by atoms with E-state index in [4.69, 9.17) is 34.1 Å². The lowest BCUT2D eigenvalue weighted by molar-refractivity contribution is 0.0931. The number of halogens is 2. The number of benzene rings is 1. The molecule has 0 spiro atoms. The van der Waals surface area contributed by atoms with Gasteiger partial charge in [0.25, 0.3) is 5.91 Å². The van der Waals surface area contributed by atoms with Gasteiger partial charge in [0.05, 0.1) is 21.1 Å². The minimum atomic E-state index is -1.02. The molecule has 0 saturated carbocycles. The van der Waals surface area contributed by atoms with Crippen LogP contribution in [0.4, 0.5) is 0 Å². The Morgan fingerprint density at radius 2 is 1.89 bits per heavy atom. The molecule has 0 atom stereocenters. The van der Waals surface area contributed by atoms with E-state index in [1.807, 2.05) is 0 Å². The molecule has 5 nitrogen and oxygen atoms in total. The molecule has 0 saturated heterocycles. The van der Waals surface area contributed by atoms with Gasteiger partial charge in [0, 0.05) is 0 Å². The number of carbonyl (C=O) groups is 1. The Labute approximate surface area is 115 Å². The van der Waals surface area contributed by atoms with Gasteiger partial charge >= 0.3 is 0 Å². The third kappa shape index (κ3) is 3.05. The van der Waals surface area contributed by atoms with Crippen molar-refractivity contribution in [3.05, 3.63) is 33.8 Å². The monoisotopic (exact) mass is 289 g/mol. The first-order chi connectivity index (χ1) is 8.29. The van der Waals surface area contributed by atoms with Crippen LogP contribution in [0.1, 0.15) is 24.2 Å². The molecule has 0 radical (unpaired) electrons.